The highest BCUT2D eigenvalue weighted by atomic mass is 16.5. The monoisotopic (exact) mass is 394 g/mol. The number of hydrogen-bond donors (Lipinski definition) is 3. The summed E-state index contributed by atoms with van der Waals surface area (Å²) in [5.41, 5.74) is 7.01. The van der Waals surface area contributed by atoms with Gasteiger partial charge in [0.15, 0.2) is 11.5 Å². The third-order valence-electron chi connectivity index (χ3n) is 4.07. The Kier molecular flexibility index (Phi) is 7.62. The normalized spacial score (nSPS) is 10.6. The lowest BCUT2D eigenvalue weighted by atomic mass is 10.1. The summed E-state index contributed by atoms with van der Waals surface area (Å²) in [5, 5.41) is 14.2. The molecular weight excluding hydrogens is 372 g/mol. The predicted octanol–water partition coefficient (Wildman–Crippen LogP) is 1.78. The zero-order valence-corrected chi connectivity index (χ0v) is 16.2. The molecule has 8 heteroatoms. The molecule has 0 aliphatic rings. The van der Waals surface area contributed by atoms with Crippen LogP contribution >= 0.6 is 0 Å². The van der Waals surface area contributed by atoms with Crippen molar-refractivity contribution in [1.29, 1.82) is 5.26 Å². The van der Waals surface area contributed by atoms with Crippen LogP contribution in [0.4, 0.5) is 5.69 Å². The van der Waals surface area contributed by atoms with Gasteiger partial charge in [-0.2, -0.15) is 5.26 Å². The molecule has 0 spiro atoms. The van der Waals surface area contributed by atoms with Crippen molar-refractivity contribution in [2.75, 3.05) is 26.5 Å². The number of amides is 2. The van der Waals surface area contributed by atoms with E-state index in [0.29, 0.717) is 30.2 Å². The summed E-state index contributed by atoms with van der Waals surface area (Å²) in [6.07, 6.45) is 1.60. The molecule has 0 heterocycles. The molecule has 2 rings (SSSR count). The largest absolute Gasteiger partial charge is 0.493 e. The third-order valence-corrected chi connectivity index (χ3v) is 4.07. The van der Waals surface area contributed by atoms with E-state index in [-0.39, 0.29) is 11.1 Å². The lowest BCUT2D eigenvalue weighted by Gasteiger charge is -2.10. The summed E-state index contributed by atoms with van der Waals surface area (Å²) >= 11 is 0. The molecule has 4 N–H and O–H groups in total. The molecule has 0 fully saturated rings. The Labute approximate surface area is 168 Å². The van der Waals surface area contributed by atoms with Crippen LogP contribution in [0.3, 0.4) is 0 Å². The molecule has 29 heavy (non-hydrogen) atoms. The number of carbonyl (C=O) groups excluding carboxylic acids is 2. The fraction of sp³-hybridized carbons (Fsp3) is 0.190. The van der Waals surface area contributed by atoms with Gasteiger partial charge in [0, 0.05) is 18.4 Å². The number of hydrogen-bond acceptors (Lipinski definition) is 6. The van der Waals surface area contributed by atoms with Crippen LogP contribution in [0, 0.1) is 11.3 Å². The second-order valence-electron chi connectivity index (χ2n) is 5.93. The van der Waals surface area contributed by atoms with Crippen LogP contribution < -0.4 is 25.8 Å². The smallest absolute Gasteiger partial charge is 0.263 e. The lowest BCUT2D eigenvalue weighted by molar-refractivity contribution is -0.117. The van der Waals surface area contributed by atoms with Crippen molar-refractivity contribution in [2.24, 2.45) is 0 Å². The maximum Gasteiger partial charge on any atom is 0.263 e. The van der Waals surface area contributed by atoms with Gasteiger partial charge in [0.1, 0.15) is 11.6 Å². The molecule has 2 aromatic carbocycles. The topological polar surface area (TPSA) is 126 Å². The van der Waals surface area contributed by atoms with Gasteiger partial charge in [-0.3, -0.25) is 9.59 Å². The van der Waals surface area contributed by atoms with Gasteiger partial charge in [0.2, 0.25) is 0 Å². The fourth-order valence-electron chi connectivity index (χ4n) is 2.52. The van der Waals surface area contributed by atoms with E-state index in [4.69, 9.17) is 15.2 Å². The summed E-state index contributed by atoms with van der Waals surface area (Å²) in [7, 11) is 3.10. The first-order valence-corrected chi connectivity index (χ1v) is 8.75. The Balaban J connectivity index is 1.93. The summed E-state index contributed by atoms with van der Waals surface area (Å²) in [6, 6.07) is 13.7. The van der Waals surface area contributed by atoms with Gasteiger partial charge < -0.3 is 25.8 Å². The van der Waals surface area contributed by atoms with Crippen molar-refractivity contribution in [3.05, 3.63) is 65.4 Å². The van der Waals surface area contributed by atoms with Crippen LogP contribution in [0.2, 0.25) is 0 Å². The molecule has 0 atom stereocenters. The van der Waals surface area contributed by atoms with Crippen LogP contribution in [0.1, 0.15) is 15.9 Å². The highest BCUT2D eigenvalue weighted by Gasteiger charge is 2.12. The Morgan fingerprint density at radius 3 is 2.52 bits per heavy atom. The van der Waals surface area contributed by atoms with Crippen LogP contribution in [0.25, 0.3) is 0 Å². The molecule has 150 valence electrons. The van der Waals surface area contributed by atoms with E-state index in [1.165, 1.54) is 0 Å². The number of carbonyl (C=O) groups is 2. The second kappa shape index (κ2) is 10.4. The second-order valence-corrected chi connectivity index (χ2v) is 5.93. The molecule has 0 aromatic heterocycles. The first kappa shape index (κ1) is 21.3. The van der Waals surface area contributed by atoms with E-state index in [0.717, 1.165) is 11.8 Å². The average Bonchev–Trinajstić information content (AvgIpc) is 2.74. The molecule has 2 aromatic rings. The fourth-order valence-corrected chi connectivity index (χ4v) is 2.52. The molecule has 0 saturated heterocycles. The number of nitrogens with two attached hydrogens (primary N) is 1. The predicted molar refractivity (Wildman–Crippen MR) is 108 cm³/mol. The van der Waals surface area contributed by atoms with Crippen molar-refractivity contribution in [3.8, 4) is 17.6 Å². The molecule has 0 radical (unpaired) electrons. The van der Waals surface area contributed by atoms with E-state index >= 15 is 0 Å². The highest BCUT2D eigenvalue weighted by Crippen LogP contribution is 2.27. The minimum atomic E-state index is -0.589. The van der Waals surface area contributed by atoms with Gasteiger partial charge in [-0.25, -0.2) is 0 Å². The molecule has 2 amide bonds. The summed E-state index contributed by atoms with van der Waals surface area (Å²) in [6.45, 7) is 0.299. The van der Waals surface area contributed by atoms with Gasteiger partial charge in [-0.1, -0.05) is 18.2 Å². The van der Waals surface area contributed by atoms with E-state index in [1.807, 2.05) is 12.1 Å². The Hall–Kier alpha value is -3.99. The zero-order valence-electron chi connectivity index (χ0n) is 16.2. The molecule has 0 saturated carbocycles. The van der Waals surface area contributed by atoms with Crippen LogP contribution in [-0.4, -0.2) is 32.6 Å². The van der Waals surface area contributed by atoms with Crippen LogP contribution in [-0.2, 0) is 11.2 Å². The van der Waals surface area contributed by atoms with E-state index in [1.54, 1.807) is 50.6 Å². The van der Waals surface area contributed by atoms with Gasteiger partial charge >= 0.3 is 0 Å². The van der Waals surface area contributed by atoms with E-state index in [2.05, 4.69) is 10.6 Å². The van der Waals surface area contributed by atoms with Crippen LogP contribution in [0.15, 0.2) is 54.2 Å². The number of benzene rings is 2. The Morgan fingerprint density at radius 1 is 1.14 bits per heavy atom. The number of nitriles is 1. The molecule has 0 bridgehead atoms. The first-order chi connectivity index (χ1) is 14.0. The number of para-hydroxylation sites is 1. The highest BCUT2D eigenvalue weighted by molar-refractivity contribution is 6.01. The molecule has 8 nitrogen and oxygen atoms in total. The molecule has 0 aliphatic carbocycles. The number of nitrogen functional groups attached to an aromatic ring is 1. The molecular formula is C21H22N4O4. The molecule has 0 unspecified atom stereocenters. The van der Waals surface area contributed by atoms with Crippen molar-refractivity contribution < 1.29 is 19.1 Å². The third kappa shape index (κ3) is 5.74. The maximum atomic E-state index is 12.2. The SMILES string of the molecule is COc1ccc(CCNC(=O)/C(C#N)=C\NC(=O)c2ccccc2N)cc1OC. The molecule has 0 aliphatic heterocycles. The minimum absolute atomic E-state index is 0.222. The zero-order chi connectivity index (χ0) is 21.2. The lowest BCUT2D eigenvalue weighted by Crippen LogP contribution is -2.28. The minimum Gasteiger partial charge on any atom is -0.493 e. The van der Waals surface area contributed by atoms with Crippen molar-refractivity contribution >= 4 is 17.5 Å². The van der Waals surface area contributed by atoms with Gasteiger partial charge in [-0.15, -0.1) is 0 Å². The number of methoxy groups -OCH3 is 2. The van der Waals surface area contributed by atoms with Crippen molar-refractivity contribution in [1.82, 2.24) is 10.6 Å². The Bertz CT molecular complexity index is 963. The summed E-state index contributed by atoms with van der Waals surface area (Å²) in [4.78, 5) is 24.3. The number of nitrogens with zero attached hydrogens (tertiary/aromatic N) is 1. The van der Waals surface area contributed by atoms with Crippen molar-refractivity contribution in [2.45, 2.75) is 6.42 Å². The van der Waals surface area contributed by atoms with Gasteiger partial charge in [-0.05, 0) is 36.2 Å². The quantitative estimate of drug-likeness (QED) is 0.356. The number of rotatable bonds is 8. The Morgan fingerprint density at radius 2 is 1.86 bits per heavy atom. The van der Waals surface area contributed by atoms with E-state index < -0.39 is 11.8 Å². The number of anilines is 1. The van der Waals surface area contributed by atoms with Crippen molar-refractivity contribution in [3.63, 3.8) is 0 Å². The first-order valence-electron chi connectivity index (χ1n) is 8.75. The number of nitrogens with one attached hydrogen (secondary N) is 2. The number of ether oxygens (including phenoxy) is 2. The standard InChI is InChI=1S/C21H22N4O4/c1-28-18-8-7-14(11-19(18)29-2)9-10-24-20(26)15(12-22)13-25-21(27)16-5-3-4-6-17(16)23/h3-8,11,13H,9-10,23H2,1-2H3,(H,24,26)(H,25,27)/b15-13-. The van der Waals surface area contributed by atoms with Gasteiger partial charge in [0.05, 0.1) is 19.8 Å². The summed E-state index contributed by atoms with van der Waals surface area (Å²) < 4.78 is 10.4. The average molecular weight is 394 g/mol. The van der Waals surface area contributed by atoms with Crippen LogP contribution in [0.5, 0.6) is 11.5 Å². The summed E-state index contributed by atoms with van der Waals surface area (Å²) in [5.74, 6) is 0.116. The van der Waals surface area contributed by atoms with E-state index in [9.17, 15) is 14.9 Å². The van der Waals surface area contributed by atoms with Gasteiger partial charge in [0.25, 0.3) is 11.8 Å². The maximum absolute atomic E-state index is 12.2.